The van der Waals surface area contributed by atoms with Crippen LogP contribution in [0.3, 0.4) is 0 Å². The number of urea groups is 1. The molecule has 4 aliphatic rings. The molecule has 5 nitrogen and oxygen atoms in total. The van der Waals surface area contributed by atoms with Crippen LogP contribution < -0.4 is 16.2 Å². The third kappa shape index (κ3) is 2.87. The number of benzene rings is 1. The van der Waals surface area contributed by atoms with E-state index in [1.54, 1.807) is 0 Å². The Balaban J connectivity index is 1.54. The molecule has 24 heavy (non-hydrogen) atoms. The maximum Gasteiger partial charge on any atom is 0.331 e. The second kappa shape index (κ2) is 5.80. The Morgan fingerprint density at radius 2 is 1.58 bits per heavy atom. The fraction of sp³-hybridized carbons (Fsp3) is 0.579. The van der Waals surface area contributed by atoms with Gasteiger partial charge in [0.25, 0.3) is 0 Å². The average molecular weight is 327 g/mol. The minimum Gasteiger partial charge on any atom is -0.350 e. The fourth-order valence-corrected chi connectivity index (χ4v) is 5.86. The molecule has 4 aliphatic carbocycles. The van der Waals surface area contributed by atoms with Crippen molar-refractivity contribution in [1.82, 2.24) is 5.43 Å². The van der Waals surface area contributed by atoms with Gasteiger partial charge in [0.05, 0.1) is 5.69 Å². The van der Waals surface area contributed by atoms with Gasteiger partial charge >= 0.3 is 6.03 Å². The van der Waals surface area contributed by atoms with Crippen LogP contribution in [0, 0.1) is 23.2 Å². The van der Waals surface area contributed by atoms with Gasteiger partial charge in [0, 0.05) is 6.42 Å². The molecule has 0 heterocycles. The van der Waals surface area contributed by atoms with E-state index in [-0.39, 0.29) is 11.3 Å². The highest BCUT2D eigenvalue weighted by molar-refractivity contribution is 5.96. The lowest BCUT2D eigenvalue weighted by Gasteiger charge is -2.56. The van der Waals surface area contributed by atoms with Crippen LogP contribution in [0.4, 0.5) is 10.5 Å². The third-order valence-electron chi connectivity index (χ3n) is 6.18. The summed E-state index contributed by atoms with van der Waals surface area (Å²) in [7, 11) is 0. The Bertz CT molecular complexity index is 608. The number of nitrogens with one attached hydrogen (secondary N) is 1. The number of hydrazine groups is 1. The highest BCUT2D eigenvalue weighted by Crippen LogP contribution is 2.61. The topological polar surface area (TPSA) is 75.4 Å². The molecule has 0 atom stereocenters. The highest BCUT2D eigenvalue weighted by atomic mass is 16.2. The summed E-state index contributed by atoms with van der Waals surface area (Å²) in [5.74, 6) is 2.36. The van der Waals surface area contributed by atoms with Crippen LogP contribution in [-0.2, 0) is 4.79 Å². The van der Waals surface area contributed by atoms with E-state index in [1.165, 1.54) is 43.5 Å². The monoisotopic (exact) mass is 327 g/mol. The van der Waals surface area contributed by atoms with Gasteiger partial charge in [-0.25, -0.2) is 15.2 Å². The lowest BCUT2D eigenvalue weighted by atomic mass is 9.49. The van der Waals surface area contributed by atoms with Crippen molar-refractivity contribution >= 4 is 17.6 Å². The number of amides is 3. The van der Waals surface area contributed by atoms with E-state index in [0.29, 0.717) is 12.1 Å². The van der Waals surface area contributed by atoms with Crippen LogP contribution in [0.1, 0.15) is 44.9 Å². The van der Waals surface area contributed by atoms with Crippen LogP contribution in [-0.4, -0.2) is 11.9 Å². The summed E-state index contributed by atoms with van der Waals surface area (Å²) in [6, 6.07) is 8.50. The molecule has 0 saturated heterocycles. The van der Waals surface area contributed by atoms with Crippen LogP contribution >= 0.6 is 0 Å². The summed E-state index contributed by atoms with van der Waals surface area (Å²) in [5.41, 5.74) is 8.58. The van der Waals surface area contributed by atoms with E-state index < -0.39 is 6.03 Å². The molecule has 0 radical (unpaired) electrons. The van der Waals surface area contributed by atoms with Crippen molar-refractivity contribution < 1.29 is 9.59 Å². The maximum atomic E-state index is 13.0. The molecule has 4 fully saturated rings. The van der Waals surface area contributed by atoms with Crippen molar-refractivity contribution in [3.05, 3.63) is 30.3 Å². The zero-order valence-corrected chi connectivity index (χ0v) is 13.9. The zero-order valence-electron chi connectivity index (χ0n) is 13.9. The summed E-state index contributed by atoms with van der Waals surface area (Å²) in [5, 5.41) is 1.33. The molecule has 1 aromatic rings. The molecular weight excluding hydrogens is 302 g/mol. The smallest absolute Gasteiger partial charge is 0.331 e. The molecule has 0 aliphatic heterocycles. The number of hydrogen-bond acceptors (Lipinski definition) is 2. The standard InChI is InChI=1S/C19H25N3O2/c20-18(24)21-22(16-4-2-1-3-5-16)17(23)12-19-9-13-6-14(10-19)8-15(7-13)11-19/h1-5,13-15H,6-12H2,(H3,20,21,24). The average Bonchev–Trinajstić information content (AvgIpc) is 2.51. The normalized spacial score (nSPS) is 33.2. The predicted molar refractivity (Wildman–Crippen MR) is 91.9 cm³/mol. The summed E-state index contributed by atoms with van der Waals surface area (Å²) >= 11 is 0. The molecule has 4 saturated carbocycles. The van der Waals surface area contributed by atoms with Gasteiger partial charge in [-0.1, -0.05) is 18.2 Å². The summed E-state index contributed by atoms with van der Waals surface area (Å²) in [6.45, 7) is 0. The van der Waals surface area contributed by atoms with Crippen molar-refractivity contribution in [3.63, 3.8) is 0 Å². The van der Waals surface area contributed by atoms with Gasteiger partial charge < -0.3 is 5.73 Å². The number of para-hydroxylation sites is 1. The molecule has 0 spiro atoms. The van der Waals surface area contributed by atoms with Crippen molar-refractivity contribution in [1.29, 1.82) is 0 Å². The largest absolute Gasteiger partial charge is 0.350 e. The highest BCUT2D eigenvalue weighted by Gasteiger charge is 2.51. The first-order valence-corrected chi connectivity index (χ1v) is 8.97. The first-order chi connectivity index (χ1) is 11.5. The van der Waals surface area contributed by atoms with Crippen molar-refractivity contribution in [3.8, 4) is 0 Å². The number of primary amides is 1. The Hall–Kier alpha value is -2.04. The number of hydrogen-bond donors (Lipinski definition) is 2. The van der Waals surface area contributed by atoms with Crippen molar-refractivity contribution in [2.24, 2.45) is 28.9 Å². The molecule has 128 valence electrons. The Morgan fingerprint density at radius 1 is 1.04 bits per heavy atom. The maximum absolute atomic E-state index is 13.0. The number of nitrogens with two attached hydrogens (primary N) is 1. The number of rotatable bonds is 3. The lowest BCUT2D eigenvalue weighted by molar-refractivity contribution is -0.127. The molecule has 5 rings (SSSR count). The number of carbonyl (C=O) groups excluding carboxylic acids is 2. The molecule has 0 unspecified atom stereocenters. The summed E-state index contributed by atoms with van der Waals surface area (Å²) < 4.78 is 0. The SMILES string of the molecule is NC(=O)NN(C(=O)CC12CC3CC(CC(C3)C1)C2)c1ccccc1. The number of anilines is 1. The Morgan fingerprint density at radius 3 is 2.08 bits per heavy atom. The predicted octanol–water partition coefficient (Wildman–Crippen LogP) is 3.21. The van der Waals surface area contributed by atoms with Gasteiger partial charge in [-0.3, -0.25) is 4.79 Å². The fourth-order valence-electron chi connectivity index (χ4n) is 5.86. The van der Waals surface area contributed by atoms with Crippen LogP contribution in [0.15, 0.2) is 30.3 Å². The molecular formula is C19H25N3O2. The molecule has 1 aromatic carbocycles. The third-order valence-corrected chi connectivity index (χ3v) is 6.18. The van der Waals surface area contributed by atoms with E-state index >= 15 is 0 Å². The van der Waals surface area contributed by atoms with E-state index in [4.69, 9.17) is 5.73 Å². The summed E-state index contributed by atoms with van der Waals surface area (Å²) in [4.78, 5) is 24.4. The van der Waals surface area contributed by atoms with Gasteiger partial charge in [0.2, 0.25) is 5.91 Å². The second-order valence-corrected chi connectivity index (χ2v) is 8.14. The summed E-state index contributed by atoms with van der Waals surface area (Å²) in [6.07, 6.45) is 8.09. The first kappa shape index (κ1) is 15.5. The molecule has 3 N–H and O–H groups in total. The van der Waals surface area contributed by atoms with Gasteiger partial charge in [0.15, 0.2) is 0 Å². The second-order valence-electron chi connectivity index (χ2n) is 8.14. The van der Waals surface area contributed by atoms with Crippen molar-refractivity contribution in [2.75, 3.05) is 5.01 Å². The molecule has 0 aromatic heterocycles. The van der Waals surface area contributed by atoms with Gasteiger partial charge in [-0.15, -0.1) is 0 Å². The van der Waals surface area contributed by atoms with E-state index in [9.17, 15) is 9.59 Å². The lowest BCUT2D eigenvalue weighted by Crippen LogP contribution is -2.53. The van der Waals surface area contributed by atoms with Crippen LogP contribution in [0.5, 0.6) is 0 Å². The van der Waals surface area contributed by atoms with Crippen LogP contribution in [0.25, 0.3) is 0 Å². The number of nitrogens with zero attached hydrogens (tertiary/aromatic N) is 1. The zero-order chi connectivity index (χ0) is 16.7. The van der Waals surface area contributed by atoms with Crippen LogP contribution in [0.2, 0.25) is 0 Å². The quantitative estimate of drug-likeness (QED) is 0.837. The van der Waals surface area contributed by atoms with Gasteiger partial charge in [-0.05, 0) is 73.8 Å². The Kier molecular flexibility index (Phi) is 3.74. The molecule has 3 amide bonds. The van der Waals surface area contributed by atoms with E-state index in [1.807, 2.05) is 30.3 Å². The first-order valence-electron chi connectivity index (χ1n) is 8.97. The Labute approximate surface area is 142 Å². The van der Waals surface area contributed by atoms with Crippen molar-refractivity contribution in [2.45, 2.75) is 44.9 Å². The minimum absolute atomic E-state index is 0.0537. The number of carbonyl (C=O) groups is 2. The van der Waals surface area contributed by atoms with E-state index in [2.05, 4.69) is 5.43 Å². The molecule has 4 bridgehead atoms. The van der Waals surface area contributed by atoms with Gasteiger partial charge in [-0.2, -0.15) is 0 Å². The van der Waals surface area contributed by atoms with Gasteiger partial charge in [0.1, 0.15) is 0 Å². The minimum atomic E-state index is -0.710. The van der Waals surface area contributed by atoms with E-state index in [0.717, 1.165) is 17.8 Å². The molecule has 5 heteroatoms.